The Kier molecular flexibility index (Phi) is 3.27. The van der Waals surface area contributed by atoms with Gasteiger partial charge in [0.2, 0.25) is 0 Å². The molecular weight excluding hydrogens is 236 g/mol. The summed E-state index contributed by atoms with van der Waals surface area (Å²) >= 11 is 0. The Morgan fingerprint density at radius 1 is 1.42 bits per heavy atom. The van der Waals surface area contributed by atoms with Crippen LogP contribution in [0.15, 0.2) is 18.2 Å². The molecule has 1 unspecified atom stereocenters. The molecule has 0 amide bonds. The Balaban J connectivity index is 1.67. The van der Waals surface area contributed by atoms with Crippen molar-refractivity contribution in [2.24, 2.45) is 0 Å². The summed E-state index contributed by atoms with van der Waals surface area (Å²) in [6, 6.07) is 6.52. The lowest BCUT2D eigenvalue weighted by Crippen LogP contribution is -2.59. The highest BCUT2D eigenvalue weighted by atomic mass is 16.5. The molecule has 2 heterocycles. The standard InChI is InChI=1S/C16H24N2O/c1-12-4-5-15-13(8-12)9-14(19-15)10-18-7-6-17-11-16(18,2)3/h4-5,8,14,17H,6-7,9-11H2,1-3H3. The number of rotatable bonds is 2. The highest BCUT2D eigenvalue weighted by molar-refractivity contribution is 5.40. The summed E-state index contributed by atoms with van der Waals surface area (Å²) in [6.07, 6.45) is 1.37. The average Bonchev–Trinajstić information content (AvgIpc) is 2.73. The number of fused-ring (bicyclic) bond motifs is 1. The molecule has 3 heteroatoms. The first-order valence-electron chi connectivity index (χ1n) is 7.26. The van der Waals surface area contributed by atoms with Crippen molar-refractivity contribution in [1.29, 1.82) is 0 Å². The van der Waals surface area contributed by atoms with Crippen molar-refractivity contribution in [1.82, 2.24) is 10.2 Å². The first-order chi connectivity index (χ1) is 9.04. The smallest absolute Gasteiger partial charge is 0.123 e. The number of hydrogen-bond acceptors (Lipinski definition) is 3. The van der Waals surface area contributed by atoms with E-state index in [0.717, 1.165) is 38.3 Å². The largest absolute Gasteiger partial charge is 0.488 e. The molecule has 19 heavy (non-hydrogen) atoms. The Morgan fingerprint density at radius 3 is 3.05 bits per heavy atom. The van der Waals surface area contributed by atoms with Crippen molar-refractivity contribution in [2.45, 2.75) is 38.8 Å². The second-order valence-electron chi connectivity index (χ2n) is 6.49. The molecule has 0 saturated carbocycles. The zero-order valence-corrected chi connectivity index (χ0v) is 12.2. The fraction of sp³-hybridized carbons (Fsp3) is 0.625. The van der Waals surface area contributed by atoms with E-state index >= 15 is 0 Å². The molecule has 2 aliphatic rings. The second-order valence-corrected chi connectivity index (χ2v) is 6.49. The SMILES string of the molecule is Cc1ccc2c(c1)CC(CN1CCNCC1(C)C)O2. The van der Waals surface area contributed by atoms with Crippen molar-refractivity contribution in [3.63, 3.8) is 0 Å². The molecule has 1 saturated heterocycles. The van der Waals surface area contributed by atoms with E-state index in [1.165, 1.54) is 11.1 Å². The van der Waals surface area contributed by atoms with Crippen LogP contribution in [-0.2, 0) is 6.42 Å². The molecular formula is C16H24N2O. The highest BCUT2D eigenvalue weighted by Crippen LogP contribution is 2.30. The molecule has 0 bridgehead atoms. The Bertz CT molecular complexity index is 470. The van der Waals surface area contributed by atoms with Crippen molar-refractivity contribution in [3.8, 4) is 5.75 Å². The lowest BCUT2D eigenvalue weighted by molar-refractivity contribution is 0.0507. The molecule has 0 radical (unpaired) electrons. The number of nitrogens with zero attached hydrogens (tertiary/aromatic N) is 1. The summed E-state index contributed by atoms with van der Waals surface area (Å²) in [4.78, 5) is 2.56. The minimum atomic E-state index is 0.228. The van der Waals surface area contributed by atoms with E-state index in [4.69, 9.17) is 4.74 Å². The summed E-state index contributed by atoms with van der Waals surface area (Å²) in [5, 5.41) is 3.47. The van der Waals surface area contributed by atoms with Crippen molar-refractivity contribution in [2.75, 3.05) is 26.2 Å². The molecule has 1 aromatic carbocycles. The fourth-order valence-electron chi connectivity index (χ4n) is 3.16. The molecule has 0 aromatic heterocycles. The Hall–Kier alpha value is -1.06. The van der Waals surface area contributed by atoms with Crippen LogP contribution in [0.3, 0.4) is 0 Å². The molecule has 1 atom stereocenters. The third kappa shape index (κ3) is 2.63. The summed E-state index contributed by atoms with van der Waals surface area (Å²) in [5.41, 5.74) is 2.93. The normalized spacial score (nSPS) is 25.9. The van der Waals surface area contributed by atoms with Gasteiger partial charge in [0.05, 0.1) is 0 Å². The Morgan fingerprint density at radius 2 is 2.26 bits per heavy atom. The molecule has 104 valence electrons. The minimum absolute atomic E-state index is 0.228. The monoisotopic (exact) mass is 260 g/mol. The van der Waals surface area contributed by atoms with Gasteiger partial charge in [-0.2, -0.15) is 0 Å². The molecule has 1 N–H and O–H groups in total. The van der Waals surface area contributed by atoms with Gasteiger partial charge in [0.1, 0.15) is 11.9 Å². The van der Waals surface area contributed by atoms with Crippen LogP contribution in [-0.4, -0.2) is 42.7 Å². The highest BCUT2D eigenvalue weighted by Gasteiger charge is 2.33. The first-order valence-corrected chi connectivity index (χ1v) is 7.26. The van der Waals surface area contributed by atoms with E-state index in [-0.39, 0.29) is 5.54 Å². The zero-order chi connectivity index (χ0) is 13.5. The van der Waals surface area contributed by atoms with E-state index in [0.29, 0.717) is 6.10 Å². The summed E-state index contributed by atoms with van der Waals surface area (Å²) in [5.74, 6) is 1.09. The van der Waals surface area contributed by atoms with Gasteiger partial charge in [0.25, 0.3) is 0 Å². The van der Waals surface area contributed by atoms with E-state index in [1.54, 1.807) is 0 Å². The number of nitrogens with one attached hydrogen (secondary N) is 1. The van der Waals surface area contributed by atoms with Crippen LogP contribution in [0, 0.1) is 6.92 Å². The topological polar surface area (TPSA) is 24.5 Å². The predicted molar refractivity (Wildman–Crippen MR) is 77.8 cm³/mol. The van der Waals surface area contributed by atoms with Gasteiger partial charge < -0.3 is 10.1 Å². The van der Waals surface area contributed by atoms with Crippen molar-refractivity contribution in [3.05, 3.63) is 29.3 Å². The third-order valence-corrected chi connectivity index (χ3v) is 4.35. The molecule has 0 spiro atoms. The van der Waals surface area contributed by atoms with Crippen LogP contribution in [0.5, 0.6) is 5.75 Å². The van der Waals surface area contributed by atoms with Crippen molar-refractivity contribution < 1.29 is 4.74 Å². The van der Waals surface area contributed by atoms with Gasteiger partial charge in [-0.3, -0.25) is 4.90 Å². The van der Waals surface area contributed by atoms with Gasteiger partial charge in [0, 0.05) is 38.1 Å². The van der Waals surface area contributed by atoms with E-state index in [9.17, 15) is 0 Å². The number of benzene rings is 1. The van der Waals surface area contributed by atoms with Gasteiger partial charge in [-0.05, 0) is 32.4 Å². The lowest BCUT2D eigenvalue weighted by Gasteiger charge is -2.43. The molecule has 3 rings (SSSR count). The van der Waals surface area contributed by atoms with Crippen LogP contribution in [0.25, 0.3) is 0 Å². The lowest BCUT2D eigenvalue weighted by atomic mass is 9.99. The molecule has 2 aliphatic heterocycles. The average molecular weight is 260 g/mol. The van der Waals surface area contributed by atoms with Crippen LogP contribution in [0.1, 0.15) is 25.0 Å². The molecule has 3 nitrogen and oxygen atoms in total. The van der Waals surface area contributed by atoms with Gasteiger partial charge in [-0.1, -0.05) is 17.7 Å². The van der Waals surface area contributed by atoms with Crippen molar-refractivity contribution >= 4 is 0 Å². The van der Waals surface area contributed by atoms with Gasteiger partial charge in [0.15, 0.2) is 0 Å². The maximum Gasteiger partial charge on any atom is 0.123 e. The number of aryl methyl sites for hydroxylation is 1. The first kappa shape index (κ1) is 12.9. The molecule has 1 aromatic rings. The predicted octanol–water partition coefficient (Wildman–Crippen LogP) is 1.98. The van der Waals surface area contributed by atoms with Crippen LogP contribution < -0.4 is 10.1 Å². The molecule has 0 aliphatic carbocycles. The third-order valence-electron chi connectivity index (χ3n) is 4.35. The van der Waals surface area contributed by atoms with Crippen LogP contribution in [0.4, 0.5) is 0 Å². The second kappa shape index (κ2) is 4.80. The molecule has 1 fully saturated rings. The fourth-order valence-corrected chi connectivity index (χ4v) is 3.16. The summed E-state index contributed by atoms with van der Waals surface area (Å²) in [6.45, 7) is 11.1. The number of hydrogen-bond donors (Lipinski definition) is 1. The van der Waals surface area contributed by atoms with Crippen LogP contribution >= 0.6 is 0 Å². The minimum Gasteiger partial charge on any atom is -0.488 e. The Labute approximate surface area is 115 Å². The van der Waals surface area contributed by atoms with E-state index < -0.39 is 0 Å². The summed E-state index contributed by atoms with van der Waals surface area (Å²) < 4.78 is 6.10. The van der Waals surface area contributed by atoms with Gasteiger partial charge in [-0.25, -0.2) is 0 Å². The van der Waals surface area contributed by atoms with Gasteiger partial charge in [-0.15, -0.1) is 0 Å². The van der Waals surface area contributed by atoms with E-state index in [2.05, 4.69) is 49.2 Å². The maximum absolute atomic E-state index is 6.10. The van der Waals surface area contributed by atoms with Gasteiger partial charge >= 0.3 is 0 Å². The maximum atomic E-state index is 6.10. The zero-order valence-electron chi connectivity index (χ0n) is 12.2. The number of ether oxygens (including phenoxy) is 1. The van der Waals surface area contributed by atoms with E-state index in [1.807, 2.05) is 0 Å². The number of piperazine rings is 1. The van der Waals surface area contributed by atoms with Crippen LogP contribution in [0.2, 0.25) is 0 Å². The quantitative estimate of drug-likeness (QED) is 0.880. The summed E-state index contributed by atoms with van der Waals surface area (Å²) in [7, 11) is 0.